The number of nitrogens with one attached hydrogen (secondary N) is 2. The molecule has 0 fully saturated rings. The third-order valence-electron chi connectivity index (χ3n) is 2.66. The minimum absolute atomic E-state index is 0.249. The Labute approximate surface area is 117 Å². The van der Waals surface area contributed by atoms with Crippen LogP contribution < -0.4 is 11.0 Å². The van der Waals surface area contributed by atoms with Gasteiger partial charge in [0.2, 0.25) is 5.95 Å². The van der Waals surface area contributed by atoms with Gasteiger partial charge >= 0.3 is 0 Å². The predicted molar refractivity (Wildman–Crippen MR) is 78.9 cm³/mol. The van der Waals surface area contributed by atoms with Crippen LogP contribution in [-0.2, 0) is 6.42 Å². The van der Waals surface area contributed by atoms with E-state index in [1.807, 2.05) is 30.3 Å². The molecular formula is C14H17N5O. The highest BCUT2D eigenvalue weighted by Crippen LogP contribution is 2.03. The lowest BCUT2D eigenvalue weighted by molar-refractivity contribution is 0.865. The average Bonchev–Trinajstić information content (AvgIpc) is 2.47. The number of hydrogen-bond acceptors (Lipinski definition) is 5. The van der Waals surface area contributed by atoms with Crippen molar-refractivity contribution in [2.24, 2.45) is 5.10 Å². The average molecular weight is 271 g/mol. The smallest absolute Gasteiger partial charge is 0.274 e. The number of rotatable bonds is 6. The van der Waals surface area contributed by atoms with E-state index in [1.165, 1.54) is 0 Å². The zero-order chi connectivity index (χ0) is 14.2. The van der Waals surface area contributed by atoms with Crippen molar-refractivity contribution in [1.29, 1.82) is 0 Å². The van der Waals surface area contributed by atoms with E-state index in [0.717, 1.165) is 18.4 Å². The monoisotopic (exact) mass is 271 g/mol. The second-order valence-electron chi connectivity index (χ2n) is 4.32. The highest BCUT2D eigenvalue weighted by Gasteiger charge is 2.05. The van der Waals surface area contributed by atoms with Gasteiger partial charge in [-0.25, -0.2) is 5.43 Å². The van der Waals surface area contributed by atoms with E-state index in [2.05, 4.69) is 32.6 Å². The fraction of sp³-hybridized carbons (Fsp3) is 0.286. The van der Waals surface area contributed by atoms with Crippen molar-refractivity contribution < 1.29 is 0 Å². The van der Waals surface area contributed by atoms with Crippen LogP contribution in [0.1, 0.15) is 31.0 Å². The maximum absolute atomic E-state index is 11.9. The van der Waals surface area contributed by atoms with E-state index in [1.54, 1.807) is 6.21 Å². The van der Waals surface area contributed by atoms with Crippen LogP contribution in [0.15, 0.2) is 40.2 Å². The molecule has 2 aromatic rings. The van der Waals surface area contributed by atoms with Crippen LogP contribution in [0, 0.1) is 0 Å². The Bertz CT molecular complexity index is 621. The summed E-state index contributed by atoms with van der Waals surface area (Å²) in [5.41, 5.74) is 3.81. The van der Waals surface area contributed by atoms with Gasteiger partial charge in [0.05, 0.1) is 0 Å². The van der Waals surface area contributed by atoms with Crippen molar-refractivity contribution in [2.45, 2.75) is 26.2 Å². The van der Waals surface area contributed by atoms with E-state index in [9.17, 15) is 4.79 Å². The highest BCUT2D eigenvalue weighted by atomic mass is 16.1. The van der Waals surface area contributed by atoms with E-state index in [-0.39, 0.29) is 11.5 Å². The molecule has 0 aliphatic rings. The van der Waals surface area contributed by atoms with Crippen LogP contribution in [0.4, 0.5) is 5.95 Å². The Morgan fingerprint density at radius 3 is 2.80 bits per heavy atom. The molecule has 6 nitrogen and oxygen atoms in total. The molecule has 20 heavy (non-hydrogen) atoms. The van der Waals surface area contributed by atoms with Crippen LogP contribution in [0.25, 0.3) is 0 Å². The number of aromatic amines is 1. The highest BCUT2D eigenvalue weighted by molar-refractivity contribution is 5.58. The summed E-state index contributed by atoms with van der Waals surface area (Å²) >= 11 is 0. The largest absolute Gasteiger partial charge is 0.288 e. The van der Waals surface area contributed by atoms with Gasteiger partial charge in [0.1, 0.15) is 5.69 Å². The molecule has 1 heterocycles. The van der Waals surface area contributed by atoms with Crippen LogP contribution in [0.5, 0.6) is 0 Å². The van der Waals surface area contributed by atoms with Crippen molar-refractivity contribution in [3.63, 3.8) is 0 Å². The molecule has 6 heteroatoms. The lowest BCUT2D eigenvalue weighted by Gasteiger charge is -2.01. The molecular weight excluding hydrogens is 254 g/mol. The molecule has 0 saturated carbocycles. The van der Waals surface area contributed by atoms with E-state index >= 15 is 0 Å². The van der Waals surface area contributed by atoms with Gasteiger partial charge in [-0.15, -0.1) is 10.2 Å². The molecule has 0 aliphatic heterocycles. The first-order valence-corrected chi connectivity index (χ1v) is 6.57. The van der Waals surface area contributed by atoms with Crippen LogP contribution in [-0.4, -0.2) is 21.4 Å². The van der Waals surface area contributed by atoms with Gasteiger partial charge in [-0.1, -0.05) is 43.7 Å². The molecule has 0 amide bonds. The Morgan fingerprint density at radius 2 is 2.10 bits per heavy atom. The number of benzene rings is 1. The zero-order valence-electron chi connectivity index (χ0n) is 11.3. The summed E-state index contributed by atoms with van der Waals surface area (Å²) in [5, 5.41) is 11.8. The molecule has 0 radical (unpaired) electrons. The van der Waals surface area contributed by atoms with E-state index in [0.29, 0.717) is 12.1 Å². The second kappa shape index (κ2) is 7.18. The Hall–Kier alpha value is -2.50. The van der Waals surface area contributed by atoms with E-state index < -0.39 is 0 Å². The number of aromatic nitrogens is 3. The lowest BCUT2D eigenvalue weighted by atomic mass is 10.1. The first kappa shape index (κ1) is 13.9. The maximum Gasteiger partial charge on any atom is 0.274 e. The quantitative estimate of drug-likeness (QED) is 0.621. The van der Waals surface area contributed by atoms with Crippen molar-refractivity contribution in [3.8, 4) is 0 Å². The Balaban J connectivity index is 2.04. The number of nitrogens with zero attached hydrogens (tertiary/aromatic N) is 3. The Morgan fingerprint density at radius 1 is 1.30 bits per heavy atom. The standard InChI is InChI=1S/C14H17N5O/c1-2-3-9-15-18-14-16-13(20)12(17-19-14)10-11-7-5-4-6-8-11/h4-9H,2-3,10H2,1H3,(H2,16,18,19,20)/b15-9-. The molecule has 2 N–H and O–H groups in total. The summed E-state index contributed by atoms with van der Waals surface area (Å²) in [6.07, 6.45) is 4.08. The topological polar surface area (TPSA) is 83.0 Å². The molecule has 0 unspecified atom stereocenters. The summed E-state index contributed by atoms with van der Waals surface area (Å²) in [6.45, 7) is 2.06. The summed E-state index contributed by atoms with van der Waals surface area (Å²) in [4.78, 5) is 14.5. The number of unbranched alkanes of at least 4 members (excludes halogenated alkanes) is 1. The number of anilines is 1. The Kier molecular flexibility index (Phi) is 5.00. The second-order valence-corrected chi connectivity index (χ2v) is 4.32. The molecule has 0 aliphatic carbocycles. The molecule has 1 aromatic heterocycles. The summed E-state index contributed by atoms with van der Waals surface area (Å²) in [7, 11) is 0. The minimum atomic E-state index is -0.253. The maximum atomic E-state index is 11.9. The predicted octanol–water partition coefficient (Wildman–Crippen LogP) is 1.95. The van der Waals surface area contributed by atoms with Gasteiger partial charge in [0, 0.05) is 12.6 Å². The normalized spacial score (nSPS) is 10.8. The first-order valence-electron chi connectivity index (χ1n) is 6.57. The van der Waals surface area contributed by atoms with Gasteiger partial charge < -0.3 is 0 Å². The van der Waals surface area contributed by atoms with Gasteiger partial charge in [-0.3, -0.25) is 9.78 Å². The van der Waals surface area contributed by atoms with Gasteiger partial charge in [0.15, 0.2) is 0 Å². The molecule has 0 atom stereocenters. The first-order chi connectivity index (χ1) is 9.79. The lowest BCUT2D eigenvalue weighted by Crippen LogP contribution is -2.18. The van der Waals surface area contributed by atoms with Gasteiger partial charge in [0.25, 0.3) is 5.56 Å². The van der Waals surface area contributed by atoms with Gasteiger partial charge in [-0.2, -0.15) is 5.10 Å². The fourth-order valence-corrected chi connectivity index (χ4v) is 1.62. The number of hydrazone groups is 1. The molecule has 0 bridgehead atoms. The molecule has 104 valence electrons. The van der Waals surface area contributed by atoms with Crippen molar-refractivity contribution in [1.82, 2.24) is 15.2 Å². The minimum Gasteiger partial charge on any atom is -0.288 e. The number of hydrogen-bond donors (Lipinski definition) is 2. The SMILES string of the molecule is CCC/C=N\Nc1nnc(Cc2ccccc2)c(=O)[nH]1. The summed E-state index contributed by atoms with van der Waals surface area (Å²) in [6, 6.07) is 9.68. The van der Waals surface area contributed by atoms with Gasteiger partial charge in [-0.05, 0) is 12.0 Å². The molecule has 2 rings (SSSR count). The van der Waals surface area contributed by atoms with Crippen LogP contribution >= 0.6 is 0 Å². The molecule has 1 aromatic carbocycles. The number of H-pyrrole nitrogens is 1. The molecule has 0 spiro atoms. The van der Waals surface area contributed by atoms with Crippen LogP contribution in [0.2, 0.25) is 0 Å². The summed E-state index contributed by atoms with van der Waals surface area (Å²) in [5.74, 6) is 0.249. The third kappa shape index (κ3) is 4.01. The van der Waals surface area contributed by atoms with Crippen molar-refractivity contribution in [2.75, 3.05) is 5.43 Å². The van der Waals surface area contributed by atoms with Crippen molar-refractivity contribution >= 4 is 12.2 Å². The van der Waals surface area contributed by atoms with Crippen molar-refractivity contribution in [3.05, 3.63) is 51.9 Å². The zero-order valence-corrected chi connectivity index (χ0v) is 11.3. The fourth-order valence-electron chi connectivity index (χ4n) is 1.62. The van der Waals surface area contributed by atoms with Crippen LogP contribution in [0.3, 0.4) is 0 Å². The summed E-state index contributed by atoms with van der Waals surface area (Å²) < 4.78 is 0. The third-order valence-corrected chi connectivity index (χ3v) is 2.66. The molecule has 0 saturated heterocycles. The van der Waals surface area contributed by atoms with E-state index in [4.69, 9.17) is 0 Å².